The Labute approximate surface area is 88.3 Å². The number of hydrogen-bond donors (Lipinski definition) is 0. The van der Waals surface area contributed by atoms with E-state index in [0.29, 0.717) is 0 Å². The van der Waals surface area contributed by atoms with Crippen molar-refractivity contribution < 1.29 is 4.42 Å². The van der Waals surface area contributed by atoms with Gasteiger partial charge in [0.1, 0.15) is 11.5 Å². The SMILES string of the molecule is CCc1ccc(-c2cccc(Cl)c2)o1. The molecule has 1 nitrogen and oxygen atoms in total. The van der Waals surface area contributed by atoms with E-state index in [0.717, 1.165) is 28.5 Å². The maximum Gasteiger partial charge on any atom is 0.134 e. The first-order valence-electron chi connectivity index (χ1n) is 4.64. The van der Waals surface area contributed by atoms with Gasteiger partial charge in [-0.2, -0.15) is 0 Å². The second kappa shape index (κ2) is 3.89. The van der Waals surface area contributed by atoms with Crippen molar-refractivity contribution in [2.45, 2.75) is 13.3 Å². The van der Waals surface area contributed by atoms with E-state index in [9.17, 15) is 0 Å². The zero-order valence-electron chi connectivity index (χ0n) is 7.96. The first-order valence-corrected chi connectivity index (χ1v) is 5.02. The Morgan fingerprint density at radius 3 is 2.71 bits per heavy atom. The molecule has 14 heavy (non-hydrogen) atoms. The van der Waals surface area contributed by atoms with E-state index in [2.05, 4.69) is 6.92 Å². The zero-order chi connectivity index (χ0) is 9.97. The van der Waals surface area contributed by atoms with Gasteiger partial charge in [-0.05, 0) is 24.3 Å². The van der Waals surface area contributed by atoms with Gasteiger partial charge >= 0.3 is 0 Å². The first kappa shape index (κ1) is 9.35. The summed E-state index contributed by atoms with van der Waals surface area (Å²) in [5.41, 5.74) is 1.03. The van der Waals surface area contributed by atoms with Gasteiger partial charge in [0.15, 0.2) is 0 Å². The molecule has 0 fully saturated rings. The second-order valence-corrected chi connectivity index (χ2v) is 3.57. The normalized spacial score (nSPS) is 10.4. The van der Waals surface area contributed by atoms with E-state index < -0.39 is 0 Å². The first-order chi connectivity index (χ1) is 6.79. The minimum Gasteiger partial charge on any atom is -0.461 e. The van der Waals surface area contributed by atoms with Crippen molar-refractivity contribution >= 4 is 11.6 Å². The van der Waals surface area contributed by atoms with Gasteiger partial charge in [0.25, 0.3) is 0 Å². The zero-order valence-corrected chi connectivity index (χ0v) is 8.71. The molecule has 0 bridgehead atoms. The molecule has 0 spiro atoms. The van der Waals surface area contributed by atoms with Crippen molar-refractivity contribution in [2.75, 3.05) is 0 Å². The van der Waals surface area contributed by atoms with Crippen LogP contribution in [0.1, 0.15) is 12.7 Å². The molecular weight excluding hydrogens is 196 g/mol. The van der Waals surface area contributed by atoms with Crippen molar-refractivity contribution in [1.29, 1.82) is 0 Å². The molecule has 1 heterocycles. The maximum absolute atomic E-state index is 5.89. The summed E-state index contributed by atoms with van der Waals surface area (Å²) < 4.78 is 5.62. The Morgan fingerprint density at radius 1 is 1.21 bits per heavy atom. The van der Waals surface area contributed by atoms with Crippen molar-refractivity contribution in [3.63, 3.8) is 0 Å². The molecule has 2 heteroatoms. The van der Waals surface area contributed by atoms with Gasteiger partial charge in [-0.15, -0.1) is 0 Å². The van der Waals surface area contributed by atoms with Crippen LogP contribution in [0.4, 0.5) is 0 Å². The summed E-state index contributed by atoms with van der Waals surface area (Å²) in [6, 6.07) is 11.6. The lowest BCUT2D eigenvalue weighted by Gasteiger charge is -1.97. The highest BCUT2D eigenvalue weighted by Gasteiger charge is 2.03. The minimum atomic E-state index is 0.733. The Balaban J connectivity index is 2.39. The third-order valence-electron chi connectivity index (χ3n) is 2.12. The summed E-state index contributed by atoms with van der Waals surface area (Å²) in [5.74, 6) is 1.88. The molecule has 0 aliphatic carbocycles. The minimum absolute atomic E-state index is 0.733. The fraction of sp³-hybridized carbons (Fsp3) is 0.167. The fourth-order valence-electron chi connectivity index (χ4n) is 1.36. The summed E-state index contributed by atoms with van der Waals surface area (Å²) in [4.78, 5) is 0. The highest BCUT2D eigenvalue weighted by atomic mass is 35.5. The number of halogens is 1. The average Bonchev–Trinajstić information content (AvgIpc) is 2.66. The molecule has 0 atom stereocenters. The summed E-state index contributed by atoms with van der Waals surface area (Å²) in [6.07, 6.45) is 0.917. The van der Waals surface area contributed by atoms with E-state index in [4.69, 9.17) is 16.0 Å². The van der Waals surface area contributed by atoms with Crippen LogP contribution in [0, 0.1) is 0 Å². The lowest BCUT2D eigenvalue weighted by Crippen LogP contribution is -1.73. The molecular formula is C12H11ClO. The van der Waals surface area contributed by atoms with E-state index in [1.165, 1.54) is 0 Å². The standard InChI is InChI=1S/C12H11ClO/c1-2-11-6-7-12(14-11)9-4-3-5-10(13)8-9/h3-8H,2H2,1H3. The third kappa shape index (κ3) is 1.83. The van der Waals surface area contributed by atoms with Crippen molar-refractivity contribution in [3.05, 3.63) is 47.2 Å². The van der Waals surface area contributed by atoms with Gasteiger partial charge in [0.05, 0.1) is 0 Å². The molecule has 0 aliphatic heterocycles. The van der Waals surface area contributed by atoms with E-state index in [1.807, 2.05) is 36.4 Å². The molecule has 1 aromatic heterocycles. The lowest BCUT2D eigenvalue weighted by atomic mass is 10.2. The van der Waals surface area contributed by atoms with Gasteiger partial charge in [0.2, 0.25) is 0 Å². The van der Waals surface area contributed by atoms with Gasteiger partial charge in [-0.25, -0.2) is 0 Å². The third-order valence-corrected chi connectivity index (χ3v) is 2.35. The maximum atomic E-state index is 5.89. The monoisotopic (exact) mass is 206 g/mol. The van der Waals surface area contributed by atoms with Crippen LogP contribution in [0.25, 0.3) is 11.3 Å². The smallest absolute Gasteiger partial charge is 0.134 e. The largest absolute Gasteiger partial charge is 0.461 e. The van der Waals surface area contributed by atoms with Gasteiger partial charge < -0.3 is 4.42 Å². The van der Waals surface area contributed by atoms with Crippen LogP contribution >= 0.6 is 11.6 Å². The topological polar surface area (TPSA) is 13.1 Å². The highest BCUT2D eigenvalue weighted by molar-refractivity contribution is 6.30. The van der Waals surface area contributed by atoms with Gasteiger partial charge in [-0.3, -0.25) is 0 Å². The molecule has 0 radical (unpaired) electrons. The van der Waals surface area contributed by atoms with Crippen molar-refractivity contribution in [1.82, 2.24) is 0 Å². The summed E-state index contributed by atoms with van der Waals surface area (Å²) in [5, 5.41) is 0.733. The molecule has 0 saturated carbocycles. The van der Waals surface area contributed by atoms with Gasteiger partial charge in [0, 0.05) is 17.0 Å². The number of furan rings is 1. The Hall–Kier alpha value is -1.21. The lowest BCUT2D eigenvalue weighted by molar-refractivity contribution is 0.529. The van der Waals surface area contributed by atoms with E-state index in [1.54, 1.807) is 0 Å². The van der Waals surface area contributed by atoms with Crippen molar-refractivity contribution in [3.8, 4) is 11.3 Å². The number of aryl methyl sites for hydroxylation is 1. The molecule has 0 saturated heterocycles. The predicted octanol–water partition coefficient (Wildman–Crippen LogP) is 4.16. The number of benzene rings is 1. The van der Waals surface area contributed by atoms with Crippen LogP contribution in [0.2, 0.25) is 5.02 Å². The summed E-state index contributed by atoms with van der Waals surface area (Å²) in [7, 11) is 0. The van der Waals surface area contributed by atoms with Crippen LogP contribution in [0.5, 0.6) is 0 Å². The van der Waals surface area contributed by atoms with E-state index in [-0.39, 0.29) is 0 Å². The molecule has 2 aromatic rings. The number of hydrogen-bond acceptors (Lipinski definition) is 1. The molecule has 1 aromatic carbocycles. The summed E-state index contributed by atoms with van der Waals surface area (Å²) >= 11 is 5.89. The average molecular weight is 207 g/mol. The van der Waals surface area contributed by atoms with Crippen molar-refractivity contribution in [2.24, 2.45) is 0 Å². The molecule has 2 rings (SSSR count). The van der Waals surface area contributed by atoms with Crippen LogP contribution in [-0.4, -0.2) is 0 Å². The number of rotatable bonds is 2. The van der Waals surface area contributed by atoms with Crippen LogP contribution in [0.15, 0.2) is 40.8 Å². The molecule has 0 aliphatic rings. The molecule has 0 unspecified atom stereocenters. The molecule has 72 valence electrons. The van der Waals surface area contributed by atoms with Crippen LogP contribution < -0.4 is 0 Å². The highest BCUT2D eigenvalue weighted by Crippen LogP contribution is 2.24. The van der Waals surface area contributed by atoms with Gasteiger partial charge in [-0.1, -0.05) is 30.7 Å². The van der Waals surface area contributed by atoms with Crippen LogP contribution in [0.3, 0.4) is 0 Å². The fourth-order valence-corrected chi connectivity index (χ4v) is 1.56. The van der Waals surface area contributed by atoms with Crippen LogP contribution in [-0.2, 0) is 6.42 Å². The van der Waals surface area contributed by atoms with E-state index >= 15 is 0 Å². The molecule has 0 N–H and O–H groups in total. The quantitative estimate of drug-likeness (QED) is 0.719. The summed E-state index contributed by atoms with van der Waals surface area (Å²) in [6.45, 7) is 2.07. The Bertz CT molecular complexity index is 431. The Kier molecular flexibility index (Phi) is 2.60. The Morgan fingerprint density at radius 2 is 2.07 bits per heavy atom. The predicted molar refractivity (Wildman–Crippen MR) is 58.5 cm³/mol. The molecule has 0 amide bonds. The second-order valence-electron chi connectivity index (χ2n) is 3.13.